The zero-order valence-corrected chi connectivity index (χ0v) is 13.8. The lowest BCUT2D eigenvalue weighted by atomic mass is 10.1. The number of rotatable bonds is 5. The predicted octanol–water partition coefficient (Wildman–Crippen LogP) is 3.18. The summed E-state index contributed by atoms with van der Waals surface area (Å²) in [7, 11) is -4.61. The van der Waals surface area contributed by atoms with Crippen LogP contribution >= 0.6 is 11.3 Å². The minimum absolute atomic E-state index is 0.192. The van der Waals surface area contributed by atoms with E-state index in [1.54, 1.807) is 18.2 Å². The second-order valence-corrected chi connectivity index (χ2v) is 7.78. The van der Waals surface area contributed by atoms with Crippen molar-refractivity contribution >= 4 is 37.5 Å². The zero-order valence-electron chi connectivity index (χ0n) is 12.2. The fraction of sp³-hybridized carbons (Fsp3) is 0.125. The first kappa shape index (κ1) is 16.7. The van der Waals surface area contributed by atoms with Gasteiger partial charge in [0.05, 0.1) is 16.6 Å². The lowest BCUT2D eigenvalue weighted by molar-refractivity contribution is -0.118. The van der Waals surface area contributed by atoms with Crippen LogP contribution in [0.4, 0.5) is 4.39 Å². The highest BCUT2D eigenvalue weighted by Crippen LogP contribution is 2.27. The number of fused-ring (bicyclic) bond motifs is 1. The Labute approximate surface area is 141 Å². The highest BCUT2D eigenvalue weighted by Gasteiger charge is 2.33. The van der Waals surface area contributed by atoms with Gasteiger partial charge in [-0.2, -0.15) is 8.42 Å². The summed E-state index contributed by atoms with van der Waals surface area (Å²) < 4.78 is 46.5. The highest BCUT2D eigenvalue weighted by atomic mass is 32.2. The van der Waals surface area contributed by atoms with Crippen LogP contribution in [0.3, 0.4) is 0 Å². The third kappa shape index (κ3) is 3.50. The van der Waals surface area contributed by atoms with Gasteiger partial charge in [0, 0.05) is 0 Å². The first-order valence-corrected chi connectivity index (χ1v) is 9.25. The molecule has 0 fully saturated rings. The number of thiazole rings is 1. The Morgan fingerprint density at radius 3 is 2.58 bits per heavy atom. The van der Waals surface area contributed by atoms with Crippen molar-refractivity contribution in [3.8, 4) is 0 Å². The average molecular weight is 365 g/mol. The Kier molecular flexibility index (Phi) is 4.44. The van der Waals surface area contributed by atoms with E-state index in [4.69, 9.17) is 0 Å². The number of carbonyl (C=O) groups is 1. The van der Waals surface area contributed by atoms with Gasteiger partial charge in [-0.05, 0) is 23.8 Å². The molecule has 3 rings (SSSR count). The normalized spacial score (nSPS) is 13.1. The summed E-state index contributed by atoms with van der Waals surface area (Å²) >= 11 is 1.11. The number of hydrogen-bond donors (Lipinski definition) is 1. The first-order valence-electron chi connectivity index (χ1n) is 6.93. The molecule has 2 aromatic carbocycles. The topological polar surface area (TPSA) is 84.3 Å². The second kappa shape index (κ2) is 6.39. The number of aromatic nitrogens is 1. The third-order valence-corrected chi connectivity index (χ3v) is 5.56. The van der Waals surface area contributed by atoms with Crippen LogP contribution in [0.5, 0.6) is 0 Å². The van der Waals surface area contributed by atoms with Crippen molar-refractivity contribution in [2.75, 3.05) is 0 Å². The highest BCUT2D eigenvalue weighted by molar-refractivity contribution is 7.86. The molecule has 8 heteroatoms. The van der Waals surface area contributed by atoms with E-state index in [0.29, 0.717) is 15.2 Å². The molecule has 1 atom stereocenters. The molecule has 0 spiro atoms. The molecule has 0 saturated carbocycles. The standard InChI is InChI=1S/C16H12FNO4S2/c17-11-6-7-12-14(8-11)23-15(18-12)9-13(19)16(24(20,21)22)10-4-2-1-3-5-10/h1-8,16H,9H2,(H,20,21,22). The van der Waals surface area contributed by atoms with Crippen molar-refractivity contribution in [1.29, 1.82) is 0 Å². The van der Waals surface area contributed by atoms with Gasteiger partial charge in [0.1, 0.15) is 10.8 Å². The summed E-state index contributed by atoms with van der Waals surface area (Å²) in [6, 6.07) is 11.8. The summed E-state index contributed by atoms with van der Waals surface area (Å²) in [5.41, 5.74) is 0.726. The van der Waals surface area contributed by atoms with Gasteiger partial charge in [-0.25, -0.2) is 9.37 Å². The Morgan fingerprint density at radius 1 is 1.21 bits per heavy atom. The minimum atomic E-state index is -4.61. The predicted molar refractivity (Wildman–Crippen MR) is 89.0 cm³/mol. The maximum Gasteiger partial charge on any atom is 0.279 e. The molecule has 1 N–H and O–H groups in total. The smallest absolute Gasteiger partial charge is 0.279 e. The van der Waals surface area contributed by atoms with E-state index < -0.39 is 27.0 Å². The second-order valence-electron chi connectivity index (χ2n) is 5.17. The van der Waals surface area contributed by atoms with E-state index in [1.165, 1.54) is 30.3 Å². The summed E-state index contributed by atoms with van der Waals surface area (Å²) in [6.45, 7) is 0. The summed E-state index contributed by atoms with van der Waals surface area (Å²) in [4.78, 5) is 16.7. The minimum Gasteiger partial charge on any atom is -0.297 e. The van der Waals surface area contributed by atoms with Crippen LogP contribution in [0.25, 0.3) is 10.2 Å². The fourth-order valence-corrected chi connectivity index (χ4v) is 4.33. The first-order chi connectivity index (χ1) is 11.3. The van der Waals surface area contributed by atoms with Crippen LogP contribution in [-0.4, -0.2) is 23.7 Å². The van der Waals surface area contributed by atoms with E-state index in [0.717, 1.165) is 11.3 Å². The maximum atomic E-state index is 13.2. The Bertz CT molecular complexity index is 999. The fourth-order valence-electron chi connectivity index (χ4n) is 2.42. The quantitative estimate of drug-likeness (QED) is 0.702. The van der Waals surface area contributed by atoms with Gasteiger partial charge in [-0.15, -0.1) is 11.3 Å². The lowest BCUT2D eigenvalue weighted by Gasteiger charge is -2.12. The van der Waals surface area contributed by atoms with Crippen LogP contribution in [0.2, 0.25) is 0 Å². The van der Waals surface area contributed by atoms with Crippen molar-refractivity contribution in [3.63, 3.8) is 0 Å². The molecule has 1 aromatic heterocycles. The Hall–Kier alpha value is -2.16. The zero-order chi connectivity index (χ0) is 17.3. The molecule has 0 bridgehead atoms. The van der Waals surface area contributed by atoms with Crippen LogP contribution in [0.15, 0.2) is 48.5 Å². The number of Topliss-reactive ketones (excluding diaryl/α,β-unsaturated/α-hetero) is 1. The third-order valence-electron chi connectivity index (χ3n) is 3.41. The molecule has 5 nitrogen and oxygen atoms in total. The number of nitrogens with zero attached hydrogens (tertiary/aromatic N) is 1. The van der Waals surface area contributed by atoms with Gasteiger partial charge in [0.25, 0.3) is 10.1 Å². The lowest BCUT2D eigenvalue weighted by Crippen LogP contribution is -2.23. The molecule has 24 heavy (non-hydrogen) atoms. The van der Waals surface area contributed by atoms with E-state index in [9.17, 15) is 22.2 Å². The van der Waals surface area contributed by atoms with Gasteiger partial charge in [-0.1, -0.05) is 30.3 Å². The van der Waals surface area contributed by atoms with Crippen LogP contribution in [0.1, 0.15) is 15.8 Å². The number of hydrogen-bond acceptors (Lipinski definition) is 5. The summed E-state index contributed by atoms with van der Waals surface area (Å²) in [6.07, 6.45) is -0.264. The molecule has 0 aliphatic rings. The van der Waals surface area contributed by atoms with Crippen LogP contribution < -0.4 is 0 Å². The number of carbonyl (C=O) groups excluding carboxylic acids is 1. The maximum absolute atomic E-state index is 13.2. The van der Waals surface area contributed by atoms with Crippen molar-refractivity contribution in [2.24, 2.45) is 0 Å². The van der Waals surface area contributed by atoms with Crippen LogP contribution in [-0.2, 0) is 21.3 Å². The van der Waals surface area contributed by atoms with Gasteiger partial charge in [0.2, 0.25) is 0 Å². The number of benzene rings is 2. The van der Waals surface area contributed by atoms with E-state index in [1.807, 2.05) is 0 Å². The Balaban J connectivity index is 1.93. The molecule has 0 radical (unpaired) electrons. The molecule has 0 aliphatic heterocycles. The monoisotopic (exact) mass is 365 g/mol. The van der Waals surface area contributed by atoms with Gasteiger partial charge >= 0.3 is 0 Å². The van der Waals surface area contributed by atoms with Gasteiger partial charge in [0.15, 0.2) is 11.0 Å². The molecule has 3 aromatic rings. The van der Waals surface area contributed by atoms with Crippen LogP contribution in [0, 0.1) is 5.82 Å². The molecule has 0 saturated heterocycles. The average Bonchev–Trinajstić information content (AvgIpc) is 2.88. The van der Waals surface area contributed by atoms with E-state index in [-0.39, 0.29) is 12.0 Å². The molecule has 0 amide bonds. The molecular weight excluding hydrogens is 353 g/mol. The van der Waals surface area contributed by atoms with E-state index >= 15 is 0 Å². The van der Waals surface area contributed by atoms with Crippen molar-refractivity contribution in [3.05, 3.63) is 64.9 Å². The molecule has 0 aliphatic carbocycles. The molecular formula is C16H12FNO4S2. The molecule has 1 unspecified atom stereocenters. The molecule has 124 valence electrons. The Morgan fingerprint density at radius 2 is 1.92 bits per heavy atom. The number of ketones is 1. The van der Waals surface area contributed by atoms with E-state index in [2.05, 4.69) is 4.98 Å². The van der Waals surface area contributed by atoms with Gasteiger partial charge < -0.3 is 0 Å². The number of halogens is 1. The van der Waals surface area contributed by atoms with Crippen molar-refractivity contribution in [1.82, 2.24) is 4.98 Å². The molecule has 1 heterocycles. The van der Waals surface area contributed by atoms with Crippen molar-refractivity contribution < 1.29 is 22.2 Å². The SMILES string of the molecule is O=C(Cc1nc2ccc(F)cc2s1)C(c1ccccc1)S(=O)(=O)O. The largest absolute Gasteiger partial charge is 0.297 e. The van der Waals surface area contributed by atoms with Gasteiger partial charge in [-0.3, -0.25) is 9.35 Å². The van der Waals surface area contributed by atoms with Crippen molar-refractivity contribution in [2.45, 2.75) is 11.7 Å². The summed E-state index contributed by atoms with van der Waals surface area (Å²) in [5, 5.41) is -1.30. The summed E-state index contributed by atoms with van der Waals surface area (Å²) in [5.74, 6) is -1.10.